The predicted molar refractivity (Wildman–Crippen MR) is 39.0 cm³/mol. The van der Waals surface area contributed by atoms with Crippen molar-refractivity contribution in [3.05, 3.63) is 0 Å². The molecular formula is C7H10N2O3. The van der Waals surface area contributed by atoms with Crippen molar-refractivity contribution in [3.63, 3.8) is 0 Å². The quantitative estimate of drug-likeness (QED) is 0.484. The number of hydrogen-bond acceptors (Lipinski definition) is 4. The number of ether oxygens (including phenoxy) is 1. The van der Waals surface area contributed by atoms with E-state index in [1.165, 1.54) is 11.8 Å². The van der Waals surface area contributed by atoms with Crippen LogP contribution in [0.4, 0.5) is 0 Å². The highest BCUT2D eigenvalue weighted by atomic mass is 16.5. The molecule has 2 fully saturated rings. The van der Waals surface area contributed by atoms with E-state index >= 15 is 0 Å². The zero-order valence-corrected chi connectivity index (χ0v) is 6.69. The van der Waals surface area contributed by atoms with Crippen LogP contribution in [0, 0.1) is 0 Å². The van der Waals surface area contributed by atoms with Crippen LogP contribution in [-0.4, -0.2) is 41.5 Å². The molecule has 0 bridgehead atoms. The molecule has 2 heterocycles. The van der Waals surface area contributed by atoms with Crippen molar-refractivity contribution in [1.29, 1.82) is 0 Å². The molecule has 0 aromatic heterocycles. The lowest BCUT2D eigenvalue weighted by molar-refractivity contribution is -0.163. The second-order valence-electron chi connectivity index (χ2n) is 3.12. The number of nitrogens with two attached hydrogens (primary N) is 1. The lowest BCUT2D eigenvalue weighted by Gasteiger charge is -2.40. The summed E-state index contributed by atoms with van der Waals surface area (Å²) in [5, 5.41) is 0. The summed E-state index contributed by atoms with van der Waals surface area (Å²) >= 11 is 0. The number of ketones is 1. The van der Waals surface area contributed by atoms with Crippen LogP contribution in [-0.2, 0) is 14.3 Å². The molecule has 5 heteroatoms. The molecule has 0 aliphatic carbocycles. The van der Waals surface area contributed by atoms with Crippen LogP contribution in [0.2, 0.25) is 0 Å². The first-order valence-corrected chi connectivity index (χ1v) is 3.82. The van der Waals surface area contributed by atoms with Crippen LogP contribution in [0.1, 0.15) is 6.92 Å². The number of carbonyl (C=O) groups excluding carboxylic acids is 2. The summed E-state index contributed by atoms with van der Waals surface area (Å²) < 4.78 is 5.17. The highest BCUT2D eigenvalue weighted by Crippen LogP contribution is 2.29. The topological polar surface area (TPSA) is 72.6 Å². The highest BCUT2D eigenvalue weighted by Gasteiger charge is 2.54. The molecule has 3 unspecified atom stereocenters. The van der Waals surface area contributed by atoms with E-state index < -0.39 is 12.1 Å². The van der Waals surface area contributed by atoms with Gasteiger partial charge in [0.05, 0.1) is 6.61 Å². The largest absolute Gasteiger partial charge is 0.353 e. The number of fused-ring (bicyclic) bond motifs is 1. The molecule has 2 saturated heterocycles. The summed E-state index contributed by atoms with van der Waals surface area (Å²) in [7, 11) is 0. The van der Waals surface area contributed by atoms with Gasteiger partial charge in [-0.05, 0) is 6.92 Å². The number of hydrogen-bond donors (Lipinski definition) is 1. The van der Waals surface area contributed by atoms with Gasteiger partial charge in [0.2, 0.25) is 5.91 Å². The van der Waals surface area contributed by atoms with Crippen molar-refractivity contribution in [1.82, 2.24) is 4.90 Å². The van der Waals surface area contributed by atoms with Gasteiger partial charge in [-0.3, -0.25) is 9.59 Å². The van der Waals surface area contributed by atoms with Gasteiger partial charge in [0.25, 0.3) is 0 Å². The molecule has 2 rings (SSSR count). The Morgan fingerprint density at radius 1 is 1.75 bits per heavy atom. The van der Waals surface area contributed by atoms with Gasteiger partial charge in [-0.1, -0.05) is 0 Å². The second kappa shape index (κ2) is 2.27. The highest BCUT2D eigenvalue weighted by molar-refractivity contribution is 5.95. The number of rotatable bonds is 1. The number of Topliss-reactive ketones (excluding diaryl/α,β-unsaturated/α-hetero) is 1. The summed E-state index contributed by atoms with van der Waals surface area (Å²) in [6, 6.07) is -0.961. The molecule has 2 aliphatic rings. The Hall–Kier alpha value is -0.940. The molecule has 12 heavy (non-hydrogen) atoms. The second-order valence-corrected chi connectivity index (χ2v) is 3.12. The molecule has 2 N–H and O–H groups in total. The maximum Gasteiger partial charge on any atom is 0.246 e. The van der Waals surface area contributed by atoms with E-state index in [4.69, 9.17) is 10.5 Å². The first kappa shape index (κ1) is 7.70. The van der Waals surface area contributed by atoms with E-state index in [2.05, 4.69) is 0 Å². The van der Waals surface area contributed by atoms with Crippen molar-refractivity contribution in [2.24, 2.45) is 5.73 Å². The Bertz CT molecular complexity index is 253. The van der Waals surface area contributed by atoms with Gasteiger partial charge in [0.15, 0.2) is 12.0 Å². The van der Waals surface area contributed by atoms with E-state index in [1.807, 2.05) is 0 Å². The van der Waals surface area contributed by atoms with Gasteiger partial charge < -0.3 is 15.4 Å². The summed E-state index contributed by atoms with van der Waals surface area (Å²) in [6.07, 6.45) is -0.355. The Kier molecular flexibility index (Phi) is 1.46. The van der Waals surface area contributed by atoms with Crippen LogP contribution in [0.25, 0.3) is 0 Å². The molecular weight excluding hydrogens is 160 g/mol. The maximum atomic E-state index is 11.1. The van der Waals surface area contributed by atoms with E-state index in [9.17, 15) is 9.59 Å². The fraction of sp³-hybridized carbons (Fsp3) is 0.714. The molecule has 0 radical (unpaired) electrons. The normalized spacial score (nSPS) is 39.3. The first-order valence-electron chi connectivity index (χ1n) is 3.82. The Labute approximate surface area is 69.5 Å². The summed E-state index contributed by atoms with van der Waals surface area (Å²) in [6.45, 7) is 1.74. The molecule has 0 aromatic rings. The Balaban J connectivity index is 2.16. The minimum absolute atomic E-state index is 0.0437. The van der Waals surface area contributed by atoms with Crippen LogP contribution in [0.15, 0.2) is 0 Å². The number of nitrogens with zero attached hydrogens (tertiary/aromatic N) is 1. The lowest BCUT2D eigenvalue weighted by atomic mass is 10.0. The Morgan fingerprint density at radius 2 is 2.42 bits per heavy atom. The van der Waals surface area contributed by atoms with E-state index in [0.717, 1.165) is 0 Å². The monoisotopic (exact) mass is 170 g/mol. The minimum atomic E-state index is -0.561. The molecule has 3 atom stereocenters. The Morgan fingerprint density at radius 3 is 3.00 bits per heavy atom. The van der Waals surface area contributed by atoms with Crippen LogP contribution >= 0.6 is 0 Å². The summed E-state index contributed by atoms with van der Waals surface area (Å²) in [4.78, 5) is 23.5. The van der Waals surface area contributed by atoms with Crippen molar-refractivity contribution < 1.29 is 14.3 Å². The third-order valence-electron chi connectivity index (χ3n) is 2.35. The number of β-lactam (4-membered cyclic amide) rings is 1. The summed E-state index contributed by atoms with van der Waals surface area (Å²) in [5.74, 6) is -0.226. The summed E-state index contributed by atoms with van der Waals surface area (Å²) in [5.41, 5.74) is 5.44. The van der Waals surface area contributed by atoms with E-state index in [1.54, 1.807) is 0 Å². The van der Waals surface area contributed by atoms with Gasteiger partial charge >= 0.3 is 0 Å². The molecule has 66 valence electrons. The fourth-order valence-electron chi connectivity index (χ4n) is 1.61. The van der Waals surface area contributed by atoms with Gasteiger partial charge in [-0.15, -0.1) is 0 Å². The molecule has 0 aromatic carbocycles. The fourth-order valence-corrected chi connectivity index (χ4v) is 1.61. The third kappa shape index (κ3) is 0.748. The maximum absolute atomic E-state index is 11.1. The van der Waals surface area contributed by atoms with Gasteiger partial charge in [0.1, 0.15) is 12.1 Å². The molecule has 0 saturated carbocycles. The van der Waals surface area contributed by atoms with Crippen LogP contribution < -0.4 is 5.73 Å². The van der Waals surface area contributed by atoms with Crippen molar-refractivity contribution in [3.8, 4) is 0 Å². The molecule has 1 amide bonds. The van der Waals surface area contributed by atoms with Gasteiger partial charge in [-0.2, -0.15) is 0 Å². The van der Waals surface area contributed by atoms with Gasteiger partial charge in [-0.25, -0.2) is 0 Å². The van der Waals surface area contributed by atoms with Crippen LogP contribution in [0.5, 0.6) is 0 Å². The zero-order chi connectivity index (χ0) is 8.88. The third-order valence-corrected chi connectivity index (χ3v) is 2.35. The molecule has 5 nitrogen and oxygen atoms in total. The average Bonchev–Trinajstić information content (AvgIpc) is 2.43. The SMILES string of the molecule is CC(=O)C1COC2C(N)C(=O)N12. The first-order chi connectivity index (χ1) is 5.63. The number of carbonyl (C=O) groups is 2. The molecule has 0 spiro atoms. The molecule has 2 aliphatic heterocycles. The minimum Gasteiger partial charge on any atom is -0.353 e. The predicted octanol–water partition coefficient (Wildman–Crippen LogP) is -1.53. The van der Waals surface area contributed by atoms with Crippen molar-refractivity contribution in [2.45, 2.75) is 25.2 Å². The van der Waals surface area contributed by atoms with Crippen molar-refractivity contribution in [2.75, 3.05) is 6.61 Å². The van der Waals surface area contributed by atoms with E-state index in [-0.39, 0.29) is 17.9 Å². The van der Waals surface area contributed by atoms with Gasteiger partial charge in [0, 0.05) is 0 Å². The smallest absolute Gasteiger partial charge is 0.246 e. The van der Waals surface area contributed by atoms with E-state index in [0.29, 0.717) is 6.61 Å². The van der Waals surface area contributed by atoms with Crippen LogP contribution in [0.3, 0.4) is 0 Å². The average molecular weight is 170 g/mol. The number of amides is 1. The zero-order valence-electron chi connectivity index (χ0n) is 6.69. The van der Waals surface area contributed by atoms with Crippen molar-refractivity contribution >= 4 is 11.7 Å². The lowest BCUT2D eigenvalue weighted by Crippen LogP contribution is -2.68. The standard InChI is InChI=1S/C7H10N2O3/c1-3(10)4-2-12-7-5(8)6(11)9(4)7/h4-5,7H,2,8H2,1H3.